The molecule has 0 saturated heterocycles. The maximum absolute atomic E-state index is 12.1. The fourth-order valence-corrected chi connectivity index (χ4v) is 2.90. The van der Waals surface area contributed by atoms with Crippen LogP contribution in [0.1, 0.15) is 24.1 Å². The Hall–Kier alpha value is -2.23. The fourth-order valence-electron chi connectivity index (χ4n) is 1.82. The van der Waals surface area contributed by atoms with Crippen LogP contribution in [-0.2, 0) is 10.0 Å². The van der Waals surface area contributed by atoms with Gasteiger partial charge in [0, 0.05) is 12.7 Å². The highest BCUT2D eigenvalue weighted by Gasteiger charge is 2.16. The molecule has 1 atom stereocenters. The van der Waals surface area contributed by atoms with Crippen molar-refractivity contribution in [1.82, 2.24) is 9.71 Å². The number of benzene rings is 1. The van der Waals surface area contributed by atoms with Crippen molar-refractivity contribution in [3.05, 3.63) is 59.9 Å². The molecular formula is C15H15N3O2S. The smallest absolute Gasteiger partial charge is 0.242 e. The van der Waals surface area contributed by atoms with Gasteiger partial charge in [-0.25, -0.2) is 18.1 Å². The number of nitriles is 1. The van der Waals surface area contributed by atoms with Gasteiger partial charge in [-0.2, -0.15) is 5.26 Å². The van der Waals surface area contributed by atoms with Gasteiger partial charge in [0.2, 0.25) is 10.0 Å². The second-order valence-electron chi connectivity index (χ2n) is 4.65. The lowest BCUT2D eigenvalue weighted by Crippen LogP contribution is -2.27. The summed E-state index contributed by atoms with van der Waals surface area (Å²) in [7, 11) is -3.61. The summed E-state index contributed by atoms with van der Waals surface area (Å²) in [6, 6.07) is 14.3. The molecule has 0 aliphatic rings. The highest BCUT2D eigenvalue weighted by Crippen LogP contribution is 2.15. The van der Waals surface area contributed by atoms with Crippen molar-refractivity contribution in [3.8, 4) is 6.07 Å². The van der Waals surface area contributed by atoms with Gasteiger partial charge in [-0.05, 0) is 23.6 Å². The Morgan fingerprint density at radius 1 is 1.24 bits per heavy atom. The SMILES string of the molecule is CC(CNS(=O)(=O)c1ccc(C#N)nc1)c1ccccc1. The van der Waals surface area contributed by atoms with E-state index in [9.17, 15) is 8.42 Å². The van der Waals surface area contributed by atoms with E-state index in [1.807, 2.05) is 43.3 Å². The molecule has 2 rings (SSSR count). The van der Waals surface area contributed by atoms with Crippen LogP contribution >= 0.6 is 0 Å². The molecule has 0 fully saturated rings. The van der Waals surface area contributed by atoms with E-state index in [4.69, 9.17) is 5.26 Å². The first-order valence-electron chi connectivity index (χ1n) is 6.43. The van der Waals surface area contributed by atoms with Gasteiger partial charge >= 0.3 is 0 Å². The maximum Gasteiger partial charge on any atom is 0.242 e. The minimum Gasteiger partial charge on any atom is -0.244 e. The molecule has 21 heavy (non-hydrogen) atoms. The van der Waals surface area contributed by atoms with Crippen LogP contribution in [0.15, 0.2) is 53.6 Å². The van der Waals surface area contributed by atoms with E-state index in [-0.39, 0.29) is 16.5 Å². The Kier molecular flexibility index (Phi) is 4.68. The van der Waals surface area contributed by atoms with E-state index < -0.39 is 10.0 Å². The zero-order valence-corrected chi connectivity index (χ0v) is 12.3. The third-order valence-electron chi connectivity index (χ3n) is 3.11. The third kappa shape index (κ3) is 3.88. The Labute approximate surface area is 124 Å². The van der Waals surface area contributed by atoms with E-state index in [0.717, 1.165) is 5.56 Å². The molecule has 0 saturated carbocycles. The van der Waals surface area contributed by atoms with Crippen molar-refractivity contribution in [2.24, 2.45) is 0 Å². The number of pyridine rings is 1. The molecule has 1 heterocycles. The summed E-state index contributed by atoms with van der Waals surface area (Å²) in [6.07, 6.45) is 1.19. The Morgan fingerprint density at radius 3 is 2.52 bits per heavy atom. The molecule has 1 N–H and O–H groups in total. The van der Waals surface area contributed by atoms with Gasteiger partial charge in [0.1, 0.15) is 16.7 Å². The summed E-state index contributed by atoms with van der Waals surface area (Å²) in [6.45, 7) is 2.25. The molecule has 1 unspecified atom stereocenters. The highest BCUT2D eigenvalue weighted by molar-refractivity contribution is 7.89. The number of hydrogen-bond donors (Lipinski definition) is 1. The van der Waals surface area contributed by atoms with Gasteiger partial charge in [-0.15, -0.1) is 0 Å². The quantitative estimate of drug-likeness (QED) is 0.916. The first kappa shape index (κ1) is 15.2. The molecule has 108 valence electrons. The normalized spacial score (nSPS) is 12.6. The van der Waals surface area contributed by atoms with Crippen LogP contribution in [0.4, 0.5) is 0 Å². The zero-order chi connectivity index (χ0) is 15.3. The number of nitrogens with one attached hydrogen (secondary N) is 1. The van der Waals surface area contributed by atoms with Gasteiger partial charge in [-0.1, -0.05) is 37.3 Å². The molecule has 0 amide bonds. The van der Waals surface area contributed by atoms with Gasteiger partial charge < -0.3 is 0 Å². The van der Waals surface area contributed by atoms with E-state index >= 15 is 0 Å². The van der Waals surface area contributed by atoms with Crippen molar-refractivity contribution in [1.29, 1.82) is 5.26 Å². The van der Waals surface area contributed by atoms with Gasteiger partial charge in [0.15, 0.2) is 0 Å². The van der Waals surface area contributed by atoms with Crippen molar-refractivity contribution < 1.29 is 8.42 Å². The summed E-state index contributed by atoms with van der Waals surface area (Å²) in [4.78, 5) is 3.83. The van der Waals surface area contributed by atoms with E-state index in [0.29, 0.717) is 6.54 Å². The zero-order valence-electron chi connectivity index (χ0n) is 11.5. The topological polar surface area (TPSA) is 82.9 Å². The minimum atomic E-state index is -3.61. The molecular weight excluding hydrogens is 286 g/mol. The standard InChI is InChI=1S/C15H15N3O2S/c1-12(13-5-3-2-4-6-13)10-18-21(19,20)15-8-7-14(9-16)17-11-15/h2-8,11-12,18H,10H2,1H3. The van der Waals surface area contributed by atoms with E-state index in [1.54, 1.807) is 0 Å². The maximum atomic E-state index is 12.1. The van der Waals surface area contributed by atoms with Gasteiger partial charge in [0.25, 0.3) is 0 Å². The lowest BCUT2D eigenvalue weighted by molar-refractivity contribution is 0.574. The average molecular weight is 301 g/mol. The molecule has 5 nitrogen and oxygen atoms in total. The summed E-state index contributed by atoms with van der Waals surface area (Å²) in [5, 5.41) is 8.66. The van der Waals surface area contributed by atoms with Gasteiger partial charge in [-0.3, -0.25) is 0 Å². The van der Waals surface area contributed by atoms with Crippen LogP contribution in [0.25, 0.3) is 0 Å². The second-order valence-corrected chi connectivity index (χ2v) is 6.42. The number of aromatic nitrogens is 1. The Morgan fingerprint density at radius 2 is 1.95 bits per heavy atom. The van der Waals surface area contributed by atoms with Crippen LogP contribution in [0.5, 0.6) is 0 Å². The first-order valence-corrected chi connectivity index (χ1v) is 7.92. The van der Waals surface area contributed by atoms with Crippen LogP contribution in [-0.4, -0.2) is 19.9 Å². The van der Waals surface area contributed by atoms with E-state index in [2.05, 4.69) is 9.71 Å². The summed E-state index contributed by atoms with van der Waals surface area (Å²) >= 11 is 0. The van der Waals surface area contributed by atoms with Crippen molar-refractivity contribution in [2.75, 3.05) is 6.54 Å². The monoisotopic (exact) mass is 301 g/mol. The number of rotatable bonds is 5. The lowest BCUT2D eigenvalue weighted by atomic mass is 10.0. The lowest BCUT2D eigenvalue weighted by Gasteiger charge is -2.13. The summed E-state index contributed by atoms with van der Waals surface area (Å²) in [5.74, 6) is 0.0623. The Balaban J connectivity index is 2.06. The first-order chi connectivity index (χ1) is 10.0. The molecule has 6 heteroatoms. The predicted octanol–water partition coefficient (Wildman–Crippen LogP) is 2.04. The van der Waals surface area contributed by atoms with Crippen LogP contribution < -0.4 is 4.72 Å². The molecule has 0 bridgehead atoms. The van der Waals surface area contributed by atoms with Gasteiger partial charge in [0.05, 0.1) is 0 Å². The largest absolute Gasteiger partial charge is 0.244 e. The molecule has 0 spiro atoms. The van der Waals surface area contributed by atoms with Crippen LogP contribution in [0.3, 0.4) is 0 Å². The van der Waals surface area contributed by atoms with Crippen molar-refractivity contribution >= 4 is 10.0 Å². The summed E-state index contributed by atoms with van der Waals surface area (Å²) in [5.41, 5.74) is 1.25. The molecule has 1 aromatic heterocycles. The van der Waals surface area contributed by atoms with Crippen molar-refractivity contribution in [3.63, 3.8) is 0 Å². The van der Waals surface area contributed by atoms with Crippen molar-refractivity contribution in [2.45, 2.75) is 17.7 Å². The number of sulfonamides is 1. The molecule has 0 aliphatic carbocycles. The molecule has 1 aromatic carbocycles. The average Bonchev–Trinajstić information content (AvgIpc) is 2.53. The van der Waals surface area contributed by atoms with E-state index in [1.165, 1.54) is 18.3 Å². The van der Waals surface area contributed by atoms with Crippen LogP contribution in [0.2, 0.25) is 0 Å². The Bertz CT molecular complexity index is 735. The predicted molar refractivity (Wildman–Crippen MR) is 79.0 cm³/mol. The number of nitrogens with zero attached hydrogens (tertiary/aromatic N) is 2. The number of hydrogen-bond acceptors (Lipinski definition) is 4. The summed E-state index contributed by atoms with van der Waals surface area (Å²) < 4.78 is 26.8. The molecule has 0 radical (unpaired) electrons. The molecule has 2 aromatic rings. The van der Waals surface area contributed by atoms with Crippen LogP contribution in [0, 0.1) is 11.3 Å². The second kappa shape index (κ2) is 6.48. The minimum absolute atomic E-state index is 0.0572. The highest BCUT2D eigenvalue weighted by atomic mass is 32.2. The fraction of sp³-hybridized carbons (Fsp3) is 0.200. The third-order valence-corrected chi connectivity index (χ3v) is 4.52. The molecule has 0 aliphatic heterocycles.